The molecule has 0 spiro atoms. The maximum atomic E-state index is 11.2. The van der Waals surface area contributed by atoms with Crippen LogP contribution in [-0.2, 0) is 23.9 Å². The number of hydrogen-bond donors (Lipinski definition) is 0. The van der Waals surface area contributed by atoms with Crippen molar-refractivity contribution in [2.75, 3.05) is 13.2 Å². The van der Waals surface area contributed by atoms with Gasteiger partial charge in [-0.2, -0.15) is 0 Å². The Morgan fingerprint density at radius 2 is 1.44 bits per heavy atom. The average Bonchev–Trinajstić information content (AvgIpc) is 2.21. The smallest absolute Gasteiger partial charge is 0.302 e. The third-order valence-electron chi connectivity index (χ3n) is 1.96. The molecule has 0 saturated carbocycles. The van der Waals surface area contributed by atoms with E-state index < -0.39 is 11.9 Å². The molecule has 0 aromatic carbocycles. The van der Waals surface area contributed by atoms with Crippen LogP contribution in [0, 0.1) is 5.92 Å². The standard InChI is InChI=1S/C11H18O5/c1-4-11(14)5-10(6-15-8(2)12)7-16-9(3)13/h10H,4-7H2,1-3H3. The molecular formula is C11H18O5. The summed E-state index contributed by atoms with van der Waals surface area (Å²) in [5.41, 5.74) is 0. The van der Waals surface area contributed by atoms with Crippen molar-refractivity contribution in [1.82, 2.24) is 0 Å². The Hall–Kier alpha value is -1.39. The highest BCUT2D eigenvalue weighted by Gasteiger charge is 2.16. The molecule has 0 radical (unpaired) electrons. The van der Waals surface area contributed by atoms with Gasteiger partial charge in [-0.25, -0.2) is 0 Å². The molecule has 5 heteroatoms. The molecule has 0 aromatic rings. The predicted octanol–water partition coefficient (Wildman–Crippen LogP) is 1.10. The number of ether oxygens (including phenoxy) is 2. The molecule has 0 saturated heterocycles. The molecule has 0 fully saturated rings. The summed E-state index contributed by atoms with van der Waals surface area (Å²) in [4.78, 5) is 32.5. The van der Waals surface area contributed by atoms with Crippen LogP contribution in [0.25, 0.3) is 0 Å². The first-order valence-corrected chi connectivity index (χ1v) is 5.24. The Kier molecular flexibility index (Phi) is 7.16. The summed E-state index contributed by atoms with van der Waals surface area (Å²) in [7, 11) is 0. The summed E-state index contributed by atoms with van der Waals surface area (Å²) in [6.07, 6.45) is 0.688. The lowest BCUT2D eigenvalue weighted by atomic mass is 10.0. The van der Waals surface area contributed by atoms with Gasteiger partial charge in [0.25, 0.3) is 0 Å². The summed E-state index contributed by atoms with van der Waals surface area (Å²) < 4.78 is 9.60. The van der Waals surface area contributed by atoms with E-state index in [1.165, 1.54) is 13.8 Å². The fraction of sp³-hybridized carbons (Fsp3) is 0.727. The predicted molar refractivity (Wildman–Crippen MR) is 56.7 cm³/mol. The Morgan fingerprint density at radius 1 is 1.00 bits per heavy atom. The molecule has 92 valence electrons. The molecule has 0 bridgehead atoms. The van der Waals surface area contributed by atoms with E-state index in [0.29, 0.717) is 6.42 Å². The van der Waals surface area contributed by atoms with Crippen molar-refractivity contribution in [3.63, 3.8) is 0 Å². The molecular weight excluding hydrogens is 212 g/mol. The molecule has 0 atom stereocenters. The van der Waals surface area contributed by atoms with E-state index in [0.717, 1.165) is 0 Å². The lowest BCUT2D eigenvalue weighted by Gasteiger charge is -2.15. The largest absolute Gasteiger partial charge is 0.465 e. The van der Waals surface area contributed by atoms with E-state index in [9.17, 15) is 14.4 Å². The number of rotatable bonds is 7. The molecule has 0 aliphatic heterocycles. The second-order valence-electron chi connectivity index (χ2n) is 3.57. The van der Waals surface area contributed by atoms with Gasteiger partial charge in [-0.05, 0) is 0 Å². The van der Waals surface area contributed by atoms with Crippen LogP contribution >= 0.6 is 0 Å². The summed E-state index contributed by atoms with van der Waals surface area (Å²) in [5.74, 6) is -1.00. The highest BCUT2D eigenvalue weighted by Crippen LogP contribution is 2.08. The quantitative estimate of drug-likeness (QED) is 0.612. The van der Waals surface area contributed by atoms with Gasteiger partial charge >= 0.3 is 11.9 Å². The van der Waals surface area contributed by atoms with Crippen LogP contribution in [0.2, 0.25) is 0 Å². The van der Waals surface area contributed by atoms with Crippen LogP contribution in [-0.4, -0.2) is 30.9 Å². The first-order valence-electron chi connectivity index (χ1n) is 5.24. The lowest BCUT2D eigenvalue weighted by Crippen LogP contribution is -2.22. The number of ketones is 1. The van der Waals surface area contributed by atoms with E-state index >= 15 is 0 Å². The Morgan fingerprint density at radius 3 is 1.75 bits per heavy atom. The normalized spacial score (nSPS) is 10.0. The Bertz CT molecular complexity index is 241. The van der Waals surface area contributed by atoms with Crippen LogP contribution in [0.5, 0.6) is 0 Å². The number of hydrogen-bond acceptors (Lipinski definition) is 5. The van der Waals surface area contributed by atoms with Crippen LogP contribution in [0.15, 0.2) is 0 Å². The minimum Gasteiger partial charge on any atom is -0.465 e. The number of carbonyl (C=O) groups is 3. The van der Waals surface area contributed by atoms with Crippen molar-refractivity contribution >= 4 is 17.7 Å². The molecule has 0 aliphatic rings. The zero-order valence-corrected chi connectivity index (χ0v) is 9.95. The number of esters is 2. The van der Waals surface area contributed by atoms with Crippen LogP contribution in [0.4, 0.5) is 0 Å². The molecule has 0 unspecified atom stereocenters. The average molecular weight is 230 g/mol. The monoisotopic (exact) mass is 230 g/mol. The highest BCUT2D eigenvalue weighted by molar-refractivity contribution is 5.78. The summed E-state index contributed by atoms with van der Waals surface area (Å²) in [6.45, 7) is 4.56. The van der Waals surface area contributed by atoms with Crippen molar-refractivity contribution in [2.45, 2.75) is 33.6 Å². The van der Waals surface area contributed by atoms with E-state index in [1.54, 1.807) is 6.92 Å². The summed E-state index contributed by atoms with van der Waals surface area (Å²) >= 11 is 0. The molecule has 0 N–H and O–H groups in total. The van der Waals surface area contributed by atoms with Crippen LogP contribution in [0.1, 0.15) is 33.6 Å². The second-order valence-corrected chi connectivity index (χ2v) is 3.57. The van der Waals surface area contributed by atoms with Gasteiger partial charge in [0.15, 0.2) is 0 Å². The van der Waals surface area contributed by atoms with Crippen molar-refractivity contribution in [3.8, 4) is 0 Å². The lowest BCUT2D eigenvalue weighted by molar-refractivity contribution is -0.147. The van der Waals surface area contributed by atoms with Crippen molar-refractivity contribution in [3.05, 3.63) is 0 Å². The van der Waals surface area contributed by atoms with E-state index in [4.69, 9.17) is 9.47 Å². The summed E-state index contributed by atoms with van der Waals surface area (Å²) in [5, 5.41) is 0. The van der Waals surface area contributed by atoms with E-state index in [1.807, 2.05) is 0 Å². The van der Waals surface area contributed by atoms with Crippen molar-refractivity contribution in [2.24, 2.45) is 5.92 Å². The topological polar surface area (TPSA) is 69.7 Å². The molecule has 0 aliphatic carbocycles. The van der Waals surface area contributed by atoms with Gasteiger partial charge in [0.1, 0.15) is 5.78 Å². The minimum absolute atomic E-state index is 0.0595. The van der Waals surface area contributed by atoms with Gasteiger partial charge in [-0.15, -0.1) is 0 Å². The van der Waals surface area contributed by atoms with E-state index in [-0.39, 0.29) is 31.3 Å². The zero-order chi connectivity index (χ0) is 12.6. The highest BCUT2D eigenvalue weighted by atomic mass is 16.5. The summed E-state index contributed by atoms with van der Waals surface area (Å²) in [6, 6.07) is 0. The Balaban J connectivity index is 4.09. The van der Waals surface area contributed by atoms with Gasteiger partial charge in [0, 0.05) is 32.6 Å². The second kappa shape index (κ2) is 7.84. The number of carbonyl (C=O) groups excluding carboxylic acids is 3. The SMILES string of the molecule is CCC(=O)CC(COC(C)=O)COC(C)=O. The van der Waals surface area contributed by atoms with Crippen LogP contribution in [0.3, 0.4) is 0 Å². The third-order valence-corrected chi connectivity index (χ3v) is 1.96. The molecule has 0 aromatic heterocycles. The first kappa shape index (κ1) is 14.6. The van der Waals surface area contributed by atoms with Gasteiger partial charge in [-0.3, -0.25) is 14.4 Å². The van der Waals surface area contributed by atoms with Gasteiger partial charge < -0.3 is 9.47 Å². The first-order chi connectivity index (χ1) is 7.45. The molecule has 0 rings (SSSR count). The molecule has 0 heterocycles. The van der Waals surface area contributed by atoms with Crippen molar-refractivity contribution < 1.29 is 23.9 Å². The maximum Gasteiger partial charge on any atom is 0.302 e. The van der Waals surface area contributed by atoms with Crippen LogP contribution < -0.4 is 0 Å². The molecule has 0 amide bonds. The maximum absolute atomic E-state index is 11.2. The van der Waals surface area contributed by atoms with Gasteiger partial charge in [0.05, 0.1) is 13.2 Å². The van der Waals surface area contributed by atoms with E-state index in [2.05, 4.69) is 0 Å². The van der Waals surface area contributed by atoms with Gasteiger partial charge in [-0.1, -0.05) is 6.92 Å². The zero-order valence-electron chi connectivity index (χ0n) is 9.95. The third kappa shape index (κ3) is 7.96. The fourth-order valence-electron chi connectivity index (χ4n) is 1.10. The Labute approximate surface area is 95.1 Å². The minimum atomic E-state index is -0.406. The van der Waals surface area contributed by atoms with Gasteiger partial charge in [0.2, 0.25) is 0 Å². The molecule has 5 nitrogen and oxygen atoms in total. The molecule has 16 heavy (non-hydrogen) atoms. The number of Topliss-reactive ketones (excluding diaryl/α,β-unsaturated/α-hetero) is 1. The van der Waals surface area contributed by atoms with Crippen molar-refractivity contribution in [1.29, 1.82) is 0 Å². The fourth-order valence-corrected chi connectivity index (χ4v) is 1.10.